The number of carbonyl (C=O) groups excluding carboxylic acids is 1. The monoisotopic (exact) mass is 359 g/mol. The molecular weight excluding hydrogens is 333 g/mol. The summed E-state index contributed by atoms with van der Waals surface area (Å²) < 4.78 is 20.7. The summed E-state index contributed by atoms with van der Waals surface area (Å²) in [5.41, 5.74) is 2.66. The van der Waals surface area contributed by atoms with Crippen molar-refractivity contribution in [2.24, 2.45) is 13.0 Å². The molecule has 0 spiro atoms. The van der Waals surface area contributed by atoms with E-state index in [4.69, 9.17) is 4.74 Å². The molecule has 1 aliphatic rings. The van der Waals surface area contributed by atoms with E-state index in [-0.39, 0.29) is 11.7 Å². The third-order valence-corrected chi connectivity index (χ3v) is 4.92. The van der Waals surface area contributed by atoms with Gasteiger partial charge in [-0.25, -0.2) is 4.39 Å². The van der Waals surface area contributed by atoms with Crippen LogP contribution < -0.4 is 0 Å². The van der Waals surface area contributed by atoms with Crippen molar-refractivity contribution in [1.82, 2.24) is 14.7 Å². The molecule has 1 saturated heterocycles. The summed E-state index contributed by atoms with van der Waals surface area (Å²) in [5, 5.41) is 4.40. The van der Waals surface area contributed by atoms with E-state index in [0.29, 0.717) is 36.9 Å². The number of hydrogen-bond donors (Lipinski definition) is 0. The normalized spacial score (nSPS) is 17.5. The molecule has 0 saturated carbocycles. The standard InChI is InChI=1S/C20H26FN3O2/c1-4-26-13-15-6-5-9-24(12-15)20(25)18-11-19(23(3)22-18)16-7-8-17(21)14(2)10-16/h7-8,10-11,15H,4-6,9,12-13H2,1-3H3. The van der Waals surface area contributed by atoms with Crippen LogP contribution in [0.1, 0.15) is 35.8 Å². The molecule has 0 N–H and O–H groups in total. The number of amides is 1. The van der Waals surface area contributed by atoms with Crippen LogP contribution in [0, 0.1) is 18.7 Å². The highest BCUT2D eigenvalue weighted by atomic mass is 19.1. The summed E-state index contributed by atoms with van der Waals surface area (Å²) in [7, 11) is 1.80. The predicted molar refractivity (Wildman–Crippen MR) is 98.5 cm³/mol. The number of benzene rings is 1. The van der Waals surface area contributed by atoms with Gasteiger partial charge in [-0.3, -0.25) is 9.48 Å². The Bertz CT molecular complexity index is 787. The molecule has 2 aromatic rings. The van der Waals surface area contributed by atoms with E-state index in [1.54, 1.807) is 36.9 Å². The Hall–Kier alpha value is -2.21. The third kappa shape index (κ3) is 3.96. The predicted octanol–water partition coefficient (Wildman–Crippen LogP) is 3.42. The molecule has 2 heterocycles. The van der Waals surface area contributed by atoms with Crippen molar-refractivity contribution < 1.29 is 13.9 Å². The average Bonchev–Trinajstić information content (AvgIpc) is 3.03. The minimum atomic E-state index is -0.235. The maximum Gasteiger partial charge on any atom is 0.274 e. The average molecular weight is 359 g/mol. The minimum absolute atomic E-state index is 0.0492. The zero-order valence-corrected chi connectivity index (χ0v) is 15.7. The largest absolute Gasteiger partial charge is 0.381 e. The van der Waals surface area contributed by atoms with Crippen LogP contribution in [0.2, 0.25) is 0 Å². The van der Waals surface area contributed by atoms with Crippen molar-refractivity contribution in [3.05, 3.63) is 41.3 Å². The van der Waals surface area contributed by atoms with E-state index in [1.165, 1.54) is 6.07 Å². The van der Waals surface area contributed by atoms with E-state index in [1.807, 2.05) is 11.8 Å². The number of hydrogen-bond acceptors (Lipinski definition) is 3. The van der Waals surface area contributed by atoms with Gasteiger partial charge in [0.05, 0.1) is 12.3 Å². The lowest BCUT2D eigenvalue weighted by molar-refractivity contribution is 0.0496. The molecule has 3 rings (SSSR count). The van der Waals surface area contributed by atoms with Crippen molar-refractivity contribution >= 4 is 5.91 Å². The molecule has 1 aromatic heterocycles. The molecule has 1 amide bonds. The number of carbonyl (C=O) groups is 1. The summed E-state index contributed by atoms with van der Waals surface area (Å²) >= 11 is 0. The summed E-state index contributed by atoms with van der Waals surface area (Å²) in [6, 6.07) is 6.73. The van der Waals surface area contributed by atoms with Gasteiger partial charge in [0, 0.05) is 32.3 Å². The molecule has 6 heteroatoms. The summed E-state index contributed by atoms with van der Waals surface area (Å²) in [4.78, 5) is 14.8. The van der Waals surface area contributed by atoms with Crippen LogP contribution in [0.3, 0.4) is 0 Å². The number of rotatable bonds is 5. The number of ether oxygens (including phenoxy) is 1. The first-order chi connectivity index (χ1) is 12.5. The molecule has 1 unspecified atom stereocenters. The Labute approximate surface area is 153 Å². The van der Waals surface area contributed by atoms with Gasteiger partial charge >= 0.3 is 0 Å². The number of halogens is 1. The topological polar surface area (TPSA) is 47.4 Å². The molecular formula is C20H26FN3O2. The van der Waals surface area contributed by atoms with Gasteiger partial charge in [-0.05, 0) is 62.4 Å². The fraction of sp³-hybridized carbons (Fsp3) is 0.500. The lowest BCUT2D eigenvalue weighted by Gasteiger charge is -2.32. The molecule has 140 valence electrons. The fourth-order valence-corrected chi connectivity index (χ4v) is 3.48. The Balaban J connectivity index is 1.77. The van der Waals surface area contributed by atoms with Crippen LogP contribution >= 0.6 is 0 Å². The summed E-state index contributed by atoms with van der Waals surface area (Å²) in [6.45, 7) is 6.57. The van der Waals surface area contributed by atoms with E-state index in [2.05, 4.69) is 5.10 Å². The first kappa shape index (κ1) is 18.6. The molecule has 0 radical (unpaired) electrons. The first-order valence-corrected chi connectivity index (χ1v) is 9.17. The number of aromatic nitrogens is 2. The van der Waals surface area contributed by atoms with E-state index < -0.39 is 0 Å². The van der Waals surface area contributed by atoms with E-state index in [9.17, 15) is 9.18 Å². The maximum absolute atomic E-state index is 13.5. The maximum atomic E-state index is 13.5. The lowest BCUT2D eigenvalue weighted by Crippen LogP contribution is -2.41. The molecule has 1 aliphatic heterocycles. The number of piperidine rings is 1. The van der Waals surface area contributed by atoms with Crippen molar-refractivity contribution in [3.8, 4) is 11.3 Å². The van der Waals surface area contributed by atoms with E-state index >= 15 is 0 Å². The van der Waals surface area contributed by atoms with Gasteiger partial charge in [0.2, 0.25) is 0 Å². The fourth-order valence-electron chi connectivity index (χ4n) is 3.48. The second-order valence-corrected chi connectivity index (χ2v) is 6.92. The number of nitrogens with zero attached hydrogens (tertiary/aromatic N) is 3. The SMILES string of the molecule is CCOCC1CCCN(C(=O)c2cc(-c3ccc(F)c(C)c3)n(C)n2)C1. The zero-order valence-electron chi connectivity index (χ0n) is 15.7. The van der Waals surface area contributed by atoms with Crippen LogP contribution in [0.4, 0.5) is 4.39 Å². The smallest absolute Gasteiger partial charge is 0.274 e. The van der Waals surface area contributed by atoms with Crippen molar-refractivity contribution in [1.29, 1.82) is 0 Å². The van der Waals surface area contributed by atoms with Crippen LogP contribution in [-0.2, 0) is 11.8 Å². The number of aryl methyl sites for hydroxylation is 2. The zero-order chi connectivity index (χ0) is 18.7. The molecule has 1 fully saturated rings. The second kappa shape index (κ2) is 7.99. The van der Waals surface area contributed by atoms with E-state index in [0.717, 1.165) is 30.6 Å². The Morgan fingerprint density at radius 2 is 2.19 bits per heavy atom. The van der Waals surface area contributed by atoms with Crippen LogP contribution in [0.15, 0.2) is 24.3 Å². The van der Waals surface area contributed by atoms with Crippen molar-refractivity contribution in [3.63, 3.8) is 0 Å². The molecule has 1 aromatic carbocycles. The highest BCUT2D eigenvalue weighted by molar-refractivity contribution is 5.93. The van der Waals surface area contributed by atoms with Crippen molar-refractivity contribution in [2.45, 2.75) is 26.7 Å². The van der Waals surface area contributed by atoms with Crippen LogP contribution in [0.25, 0.3) is 11.3 Å². The summed E-state index contributed by atoms with van der Waals surface area (Å²) in [6.07, 6.45) is 2.08. The Morgan fingerprint density at radius 3 is 2.92 bits per heavy atom. The molecule has 0 aliphatic carbocycles. The van der Waals surface area contributed by atoms with Crippen LogP contribution in [0.5, 0.6) is 0 Å². The van der Waals surface area contributed by atoms with Crippen LogP contribution in [-0.4, -0.2) is 46.9 Å². The second-order valence-electron chi connectivity index (χ2n) is 6.92. The minimum Gasteiger partial charge on any atom is -0.381 e. The molecule has 1 atom stereocenters. The Morgan fingerprint density at radius 1 is 1.38 bits per heavy atom. The quantitative estimate of drug-likeness (QED) is 0.822. The van der Waals surface area contributed by atoms with Gasteiger partial charge in [-0.15, -0.1) is 0 Å². The third-order valence-electron chi connectivity index (χ3n) is 4.92. The highest BCUT2D eigenvalue weighted by Gasteiger charge is 2.26. The van der Waals surface area contributed by atoms with Gasteiger partial charge in [-0.1, -0.05) is 0 Å². The Kier molecular flexibility index (Phi) is 5.71. The van der Waals surface area contributed by atoms with Gasteiger partial charge in [0.1, 0.15) is 5.82 Å². The lowest BCUT2D eigenvalue weighted by atomic mass is 9.98. The first-order valence-electron chi connectivity index (χ1n) is 9.17. The van der Waals surface area contributed by atoms with Gasteiger partial charge in [0.25, 0.3) is 5.91 Å². The van der Waals surface area contributed by atoms with Gasteiger partial charge in [0.15, 0.2) is 5.69 Å². The molecule has 0 bridgehead atoms. The molecule has 5 nitrogen and oxygen atoms in total. The van der Waals surface area contributed by atoms with Gasteiger partial charge < -0.3 is 9.64 Å². The molecule has 26 heavy (non-hydrogen) atoms. The number of likely N-dealkylation sites (tertiary alicyclic amines) is 1. The summed E-state index contributed by atoms with van der Waals surface area (Å²) in [5.74, 6) is 0.100. The van der Waals surface area contributed by atoms with Crippen molar-refractivity contribution in [2.75, 3.05) is 26.3 Å². The highest BCUT2D eigenvalue weighted by Crippen LogP contribution is 2.24. The van der Waals surface area contributed by atoms with Gasteiger partial charge in [-0.2, -0.15) is 5.10 Å².